The zero-order chi connectivity index (χ0) is 23.8. The quantitative estimate of drug-likeness (QED) is 0.367. The highest BCUT2D eigenvalue weighted by molar-refractivity contribution is 6.35. The Hall–Kier alpha value is -3.66. The van der Waals surface area contributed by atoms with Crippen LogP contribution in [0.5, 0.6) is 0 Å². The molecule has 4 rings (SSSR count). The molecule has 0 aliphatic carbocycles. The van der Waals surface area contributed by atoms with Gasteiger partial charge >= 0.3 is 11.8 Å². The maximum atomic E-state index is 13.2. The summed E-state index contributed by atoms with van der Waals surface area (Å²) in [5, 5.41) is 5.40. The number of nitrogens with one attached hydrogen (secondary N) is 2. The van der Waals surface area contributed by atoms with Gasteiger partial charge in [0, 0.05) is 63.9 Å². The number of aryl methyl sites for hydroxylation is 1. The molecule has 0 unspecified atom stereocenters. The number of piperazine rings is 1. The number of imidazole rings is 1. The zero-order valence-electron chi connectivity index (χ0n) is 18.9. The number of furan rings is 1. The first-order chi connectivity index (χ1) is 16.6. The Morgan fingerprint density at radius 3 is 2.50 bits per heavy atom. The maximum absolute atomic E-state index is 13.2. The number of amides is 2. The number of carbonyl (C=O) groups excluding carboxylic acids is 2. The molecule has 0 saturated carbocycles. The molecule has 1 aromatic carbocycles. The lowest BCUT2D eigenvalue weighted by Gasteiger charge is -2.39. The highest BCUT2D eigenvalue weighted by Gasteiger charge is 2.28. The van der Waals surface area contributed by atoms with Gasteiger partial charge in [-0.2, -0.15) is 0 Å². The Morgan fingerprint density at radius 2 is 1.82 bits per heavy atom. The molecule has 3 aromatic rings. The number of rotatable bonds is 9. The van der Waals surface area contributed by atoms with Crippen molar-refractivity contribution in [2.45, 2.75) is 19.0 Å². The predicted octanol–water partition coefficient (Wildman–Crippen LogP) is 1.80. The average Bonchev–Trinajstić information content (AvgIpc) is 3.57. The number of benzene rings is 1. The molecule has 34 heavy (non-hydrogen) atoms. The van der Waals surface area contributed by atoms with Crippen LogP contribution >= 0.6 is 0 Å². The lowest BCUT2D eigenvalue weighted by atomic mass is 10.1. The summed E-state index contributed by atoms with van der Waals surface area (Å²) in [6, 6.07) is 9.98. The van der Waals surface area contributed by atoms with Gasteiger partial charge in [0.2, 0.25) is 0 Å². The van der Waals surface area contributed by atoms with Gasteiger partial charge in [-0.1, -0.05) is 0 Å². The van der Waals surface area contributed by atoms with Crippen molar-refractivity contribution in [3.05, 3.63) is 73.0 Å². The van der Waals surface area contributed by atoms with Gasteiger partial charge in [0.1, 0.15) is 11.6 Å². The first-order valence-electron chi connectivity index (χ1n) is 11.4. The van der Waals surface area contributed by atoms with Crippen LogP contribution in [-0.2, 0) is 16.1 Å². The van der Waals surface area contributed by atoms with E-state index in [0.717, 1.165) is 37.6 Å². The smallest absolute Gasteiger partial charge is 0.309 e. The highest BCUT2D eigenvalue weighted by atomic mass is 19.1. The third kappa shape index (κ3) is 6.22. The molecule has 1 aliphatic rings. The first-order valence-corrected chi connectivity index (χ1v) is 11.4. The molecule has 2 amide bonds. The summed E-state index contributed by atoms with van der Waals surface area (Å²) in [6.45, 7) is 4.36. The number of halogens is 1. The maximum Gasteiger partial charge on any atom is 0.309 e. The summed E-state index contributed by atoms with van der Waals surface area (Å²) in [7, 11) is 0. The van der Waals surface area contributed by atoms with Crippen molar-refractivity contribution in [1.82, 2.24) is 25.1 Å². The molecule has 0 spiro atoms. The van der Waals surface area contributed by atoms with E-state index in [0.29, 0.717) is 19.5 Å². The van der Waals surface area contributed by atoms with Crippen LogP contribution in [0.2, 0.25) is 0 Å². The Morgan fingerprint density at radius 1 is 1.06 bits per heavy atom. The van der Waals surface area contributed by atoms with Crippen LogP contribution in [0.3, 0.4) is 0 Å². The van der Waals surface area contributed by atoms with Crippen molar-refractivity contribution in [1.29, 1.82) is 0 Å². The number of aromatic nitrogens is 2. The number of anilines is 1. The average molecular weight is 469 g/mol. The first kappa shape index (κ1) is 23.5. The van der Waals surface area contributed by atoms with Gasteiger partial charge in [-0.25, -0.2) is 9.37 Å². The second-order valence-electron chi connectivity index (χ2n) is 8.15. The van der Waals surface area contributed by atoms with Gasteiger partial charge < -0.3 is 24.5 Å². The van der Waals surface area contributed by atoms with Crippen molar-refractivity contribution in [2.75, 3.05) is 44.2 Å². The summed E-state index contributed by atoms with van der Waals surface area (Å²) >= 11 is 0. The Bertz CT molecular complexity index is 1030. The Kier molecular flexibility index (Phi) is 7.92. The zero-order valence-corrected chi connectivity index (χ0v) is 18.9. The Balaban J connectivity index is 1.26. The van der Waals surface area contributed by atoms with Crippen LogP contribution in [0.25, 0.3) is 0 Å². The topological polar surface area (TPSA) is 95.6 Å². The van der Waals surface area contributed by atoms with E-state index in [-0.39, 0.29) is 18.4 Å². The molecule has 180 valence electrons. The SMILES string of the molecule is O=C(NCCCn1ccnc1)C(=O)NC[C@H](c1ccco1)N1CCN(c2ccc(F)cc2)CC1. The van der Waals surface area contributed by atoms with Crippen molar-refractivity contribution in [3.63, 3.8) is 0 Å². The summed E-state index contributed by atoms with van der Waals surface area (Å²) in [5.41, 5.74) is 0.980. The van der Waals surface area contributed by atoms with Crippen LogP contribution in [0.15, 0.2) is 65.8 Å². The molecule has 1 fully saturated rings. The summed E-state index contributed by atoms with van der Waals surface area (Å²) in [5.74, 6) is -0.830. The number of hydrogen-bond donors (Lipinski definition) is 2. The van der Waals surface area contributed by atoms with Gasteiger partial charge in [-0.3, -0.25) is 14.5 Å². The highest BCUT2D eigenvalue weighted by Crippen LogP contribution is 2.24. The third-order valence-electron chi connectivity index (χ3n) is 5.92. The van der Waals surface area contributed by atoms with E-state index in [1.807, 2.05) is 22.9 Å². The third-order valence-corrected chi connectivity index (χ3v) is 5.92. The van der Waals surface area contributed by atoms with E-state index in [1.165, 1.54) is 12.1 Å². The largest absolute Gasteiger partial charge is 0.468 e. The molecule has 1 atom stereocenters. The van der Waals surface area contributed by atoms with Crippen molar-refractivity contribution < 1.29 is 18.4 Å². The second kappa shape index (κ2) is 11.5. The molecule has 2 N–H and O–H groups in total. The lowest BCUT2D eigenvalue weighted by molar-refractivity contribution is -0.139. The van der Waals surface area contributed by atoms with Crippen molar-refractivity contribution in [2.24, 2.45) is 0 Å². The van der Waals surface area contributed by atoms with E-state index in [9.17, 15) is 14.0 Å². The van der Waals surface area contributed by atoms with Gasteiger partial charge in [-0.05, 0) is 42.8 Å². The molecule has 2 aromatic heterocycles. The minimum absolute atomic E-state index is 0.191. The normalized spacial score (nSPS) is 15.1. The fraction of sp³-hybridized carbons (Fsp3) is 0.375. The Labute approximate surface area is 197 Å². The van der Waals surface area contributed by atoms with Crippen LogP contribution < -0.4 is 15.5 Å². The number of carbonyl (C=O) groups is 2. The molecule has 9 nitrogen and oxygen atoms in total. The van der Waals surface area contributed by atoms with E-state index < -0.39 is 11.8 Å². The van der Waals surface area contributed by atoms with E-state index in [1.54, 1.807) is 30.9 Å². The van der Waals surface area contributed by atoms with Gasteiger partial charge in [0.15, 0.2) is 0 Å². The van der Waals surface area contributed by atoms with Crippen molar-refractivity contribution in [3.8, 4) is 0 Å². The second-order valence-corrected chi connectivity index (χ2v) is 8.15. The summed E-state index contributed by atoms with van der Waals surface area (Å²) < 4.78 is 20.8. The molecule has 10 heteroatoms. The van der Waals surface area contributed by atoms with Crippen LogP contribution in [0, 0.1) is 5.82 Å². The fourth-order valence-corrected chi connectivity index (χ4v) is 4.07. The molecule has 0 bridgehead atoms. The molecule has 1 aliphatic heterocycles. The van der Waals surface area contributed by atoms with E-state index >= 15 is 0 Å². The van der Waals surface area contributed by atoms with E-state index in [4.69, 9.17) is 4.42 Å². The van der Waals surface area contributed by atoms with Crippen molar-refractivity contribution >= 4 is 17.5 Å². The minimum Gasteiger partial charge on any atom is -0.468 e. The molecule has 3 heterocycles. The number of nitrogens with zero attached hydrogens (tertiary/aromatic N) is 4. The molecular formula is C24H29FN6O3. The standard InChI is InChI=1S/C24H29FN6O3/c25-19-4-6-20(7-5-19)30-12-14-31(15-13-30)21(22-3-1-16-34-22)17-28-24(33)23(32)27-8-2-10-29-11-9-26-18-29/h1,3-7,9,11,16,18,21H,2,8,10,12-15,17H2,(H,27,32)(H,28,33)/t21-/m1/s1. The van der Waals surface area contributed by atoms with Gasteiger partial charge in [-0.15, -0.1) is 0 Å². The summed E-state index contributed by atoms with van der Waals surface area (Å²) in [4.78, 5) is 32.9. The van der Waals surface area contributed by atoms with Crippen LogP contribution in [0.1, 0.15) is 18.2 Å². The lowest BCUT2D eigenvalue weighted by Crippen LogP contribution is -2.50. The van der Waals surface area contributed by atoms with Crippen LogP contribution in [-0.4, -0.2) is 65.5 Å². The molecule has 0 radical (unpaired) electrons. The monoisotopic (exact) mass is 468 g/mol. The fourth-order valence-electron chi connectivity index (χ4n) is 4.07. The van der Waals surface area contributed by atoms with Gasteiger partial charge in [0.25, 0.3) is 0 Å². The molecule has 1 saturated heterocycles. The summed E-state index contributed by atoms with van der Waals surface area (Å²) in [6.07, 6.45) is 7.56. The van der Waals surface area contributed by atoms with Crippen LogP contribution in [0.4, 0.5) is 10.1 Å². The molecular weight excluding hydrogens is 439 g/mol. The van der Waals surface area contributed by atoms with E-state index in [2.05, 4.69) is 25.4 Å². The predicted molar refractivity (Wildman–Crippen MR) is 124 cm³/mol. The number of hydrogen-bond acceptors (Lipinski definition) is 6. The van der Waals surface area contributed by atoms with Gasteiger partial charge in [0.05, 0.1) is 18.6 Å². The minimum atomic E-state index is -0.663.